The molecular formula is C19H22N4O3S. The number of rotatable bonds is 6. The highest BCUT2D eigenvalue weighted by Crippen LogP contribution is 2.26. The number of carbonyl (C=O) groups is 1. The Kier molecular flexibility index (Phi) is 5.55. The summed E-state index contributed by atoms with van der Waals surface area (Å²) in [4.78, 5) is 29.5. The summed E-state index contributed by atoms with van der Waals surface area (Å²) in [7, 11) is 1.58. The predicted molar refractivity (Wildman–Crippen MR) is 105 cm³/mol. The zero-order valence-corrected chi connectivity index (χ0v) is 16.6. The molecule has 27 heavy (non-hydrogen) atoms. The standard InChI is InChI=1S/C19H22N4O3S/c1-11(2)18-21-16-17(27-18)12(3)22-23(19(16)25)10-15(24)20-9-13-7-5-6-8-14(13)26-4/h5-8,11H,9-10H2,1-4H3,(H,20,24). The van der Waals surface area contributed by atoms with Crippen molar-refractivity contribution in [1.82, 2.24) is 20.1 Å². The summed E-state index contributed by atoms with van der Waals surface area (Å²) in [5.74, 6) is 0.640. The van der Waals surface area contributed by atoms with Crippen molar-refractivity contribution in [2.75, 3.05) is 7.11 Å². The molecule has 2 heterocycles. The van der Waals surface area contributed by atoms with E-state index in [0.29, 0.717) is 23.5 Å². The number of thiazole rings is 1. The van der Waals surface area contributed by atoms with Gasteiger partial charge in [-0.2, -0.15) is 5.10 Å². The topological polar surface area (TPSA) is 86.1 Å². The van der Waals surface area contributed by atoms with Gasteiger partial charge in [0.2, 0.25) is 5.91 Å². The van der Waals surface area contributed by atoms with E-state index < -0.39 is 0 Å². The molecule has 0 atom stereocenters. The van der Waals surface area contributed by atoms with Crippen LogP contribution >= 0.6 is 11.3 Å². The minimum atomic E-state index is -0.341. The van der Waals surface area contributed by atoms with Crippen LogP contribution in [0.3, 0.4) is 0 Å². The molecule has 1 amide bonds. The molecule has 0 saturated carbocycles. The molecule has 142 valence electrons. The highest BCUT2D eigenvalue weighted by atomic mass is 32.1. The molecule has 3 aromatic rings. The molecule has 0 fully saturated rings. The molecule has 7 nitrogen and oxygen atoms in total. The van der Waals surface area contributed by atoms with E-state index in [1.165, 1.54) is 16.0 Å². The molecule has 0 spiro atoms. The average molecular weight is 386 g/mol. The second-order valence-corrected chi connectivity index (χ2v) is 7.55. The first-order valence-corrected chi connectivity index (χ1v) is 9.49. The number of aryl methyl sites for hydroxylation is 1. The maximum absolute atomic E-state index is 12.7. The lowest BCUT2D eigenvalue weighted by Crippen LogP contribution is -2.34. The first kappa shape index (κ1) is 19.0. The molecule has 0 aliphatic rings. The maximum atomic E-state index is 12.7. The summed E-state index contributed by atoms with van der Waals surface area (Å²) in [5, 5.41) is 7.99. The fourth-order valence-electron chi connectivity index (χ4n) is 2.71. The van der Waals surface area contributed by atoms with Gasteiger partial charge in [0.15, 0.2) is 5.52 Å². The van der Waals surface area contributed by atoms with E-state index >= 15 is 0 Å². The summed E-state index contributed by atoms with van der Waals surface area (Å²) < 4.78 is 7.24. The number of fused-ring (bicyclic) bond motifs is 1. The molecule has 0 unspecified atom stereocenters. The number of para-hydroxylation sites is 1. The molecule has 1 N–H and O–H groups in total. The highest BCUT2D eigenvalue weighted by Gasteiger charge is 2.17. The molecule has 0 radical (unpaired) electrons. The van der Waals surface area contributed by atoms with Gasteiger partial charge < -0.3 is 10.1 Å². The molecule has 0 bridgehead atoms. The molecule has 0 aliphatic carbocycles. The largest absolute Gasteiger partial charge is 0.496 e. The number of methoxy groups -OCH3 is 1. The van der Waals surface area contributed by atoms with E-state index in [9.17, 15) is 9.59 Å². The molecule has 0 aliphatic heterocycles. The quantitative estimate of drug-likeness (QED) is 0.704. The third-order valence-corrected chi connectivity index (χ3v) is 5.60. The Balaban J connectivity index is 1.79. The number of nitrogens with one attached hydrogen (secondary N) is 1. The number of hydrogen-bond donors (Lipinski definition) is 1. The maximum Gasteiger partial charge on any atom is 0.294 e. The van der Waals surface area contributed by atoms with Crippen LogP contribution in [0.4, 0.5) is 0 Å². The third kappa shape index (κ3) is 4.00. The highest BCUT2D eigenvalue weighted by molar-refractivity contribution is 7.18. The number of amides is 1. The van der Waals surface area contributed by atoms with Gasteiger partial charge >= 0.3 is 0 Å². The summed E-state index contributed by atoms with van der Waals surface area (Å²) in [6.07, 6.45) is 0. The average Bonchev–Trinajstić information content (AvgIpc) is 3.11. The van der Waals surface area contributed by atoms with Gasteiger partial charge in [0, 0.05) is 18.0 Å². The molecule has 0 saturated heterocycles. The summed E-state index contributed by atoms with van der Waals surface area (Å²) in [6, 6.07) is 7.45. The van der Waals surface area contributed by atoms with Gasteiger partial charge in [-0.1, -0.05) is 32.0 Å². The van der Waals surface area contributed by atoms with E-state index in [0.717, 1.165) is 15.3 Å². The first-order chi connectivity index (χ1) is 12.9. The number of nitrogens with zero attached hydrogens (tertiary/aromatic N) is 3. The first-order valence-electron chi connectivity index (χ1n) is 8.67. The SMILES string of the molecule is COc1ccccc1CNC(=O)Cn1nc(C)c2sc(C(C)C)nc2c1=O. The molecule has 3 rings (SSSR count). The van der Waals surface area contributed by atoms with Gasteiger partial charge in [-0.05, 0) is 13.0 Å². The zero-order chi connectivity index (χ0) is 19.6. The fraction of sp³-hybridized carbons (Fsp3) is 0.368. The third-order valence-electron chi connectivity index (χ3n) is 4.14. The van der Waals surface area contributed by atoms with Gasteiger partial charge in [0.1, 0.15) is 12.3 Å². The van der Waals surface area contributed by atoms with Crippen LogP contribution in [0.2, 0.25) is 0 Å². The van der Waals surface area contributed by atoms with E-state index in [1.807, 2.05) is 45.0 Å². The van der Waals surface area contributed by atoms with E-state index in [-0.39, 0.29) is 23.9 Å². The van der Waals surface area contributed by atoms with E-state index in [4.69, 9.17) is 4.74 Å². The molecule has 2 aromatic heterocycles. The molecule has 8 heteroatoms. The Morgan fingerprint density at radius 3 is 2.78 bits per heavy atom. The number of hydrogen-bond acceptors (Lipinski definition) is 6. The Bertz CT molecular complexity index is 1040. The predicted octanol–water partition coefficient (Wildman–Crippen LogP) is 2.61. The van der Waals surface area contributed by atoms with Crippen molar-refractivity contribution in [2.24, 2.45) is 0 Å². The van der Waals surface area contributed by atoms with Gasteiger partial charge in [0.25, 0.3) is 5.56 Å². The number of aromatic nitrogens is 3. The van der Waals surface area contributed by atoms with Crippen LogP contribution < -0.4 is 15.6 Å². The molecular weight excluding hydrogens is 364 g/mol. The number of ether oxygens (including phenoxy) is 1. The van der Waals surface area contributed by atoms with E-state index in [1.54, 1.807) is 7.11 Å². The van der Waals surface area contributed by atoms with Crippen molar-refractivity contribution in [3.8, 4) is 5.75 Å². The van der Waals surface area contributed by atoms with Crippen molar-refractivity contribution in [2.45, 2.75) is 39.8 Å². The summed E-state index contributed by atoms with van der Waals surface area (Å²) in [6.45, 7) is 6.05. The lowest BCUT2D eigenvalue weighted by molar-refractivity contribution is -0.122. The van der Waals surface area contributed by atoms with Crippen LogP contribution in [0.5, 0.6) is 5.75 Å². The smallest absolute Gasteiger partial charge is 0.294 e. The lowest BCUT2D eigenvalue weighted by Gasteiger charge is -2.10. The Hall–Kier alpha value is -2.74. The van der Waals surface area contributed by atoms with Crippen LogP contribution in [-0.2, 0) is 17.9 Å². The fourth-order valence-corrected chi connectivity index (χ4v) is 3.71. The number of benzene rings is 1. The second-order valence-electron chi connectivity index (χ2n) is 6.52. The normalized spacial score (nSPS) is 11.1. The minimum Gasteiger partial charge on any atom is -0.496 e. The van der Waals surface area contributed by atoms with Crippen LogP contribution in [0.1, 0.15) is 36.0 Å². The van der Waals surface area contributed by atoms with Crippen LogP contribution in [0.15, 0.2) is 29.1 Å². The minimum absolute atomic E-state index is 0.153. The van der Waals surface area contributed by atoms with Crippen LogP contribution in [0.25, 0.3) is 10.2 Å². The van der Waals surface area contributed by atoms with Crippen molar-refractivity contribution >= 4 is 27.5 Å². The van der Waals surface area contributed by atoms with Crippen molar-refractivity contribution < 1.29 is 9.53 Å². The van der Waals surface area contributed by atoms with Crippen molar-refractivity contribution in [3.05, 3.63) is 50.9 Å². The van der Waals surface area contributed by atoms with E-state index in [2.05, 4.69) is 15.4 Å². The van der Waals surface area contributed by atoms with Gasteiger partial charge in [0.05, 0.1) is 22.5 Å². The summed E-state index contributed by atoms with van der Waals surface area (Å²) in [5.41, 5.74) is 1.60. The van der Waals surface area contributed by atoms with Crippen molar-refractivity contribution in [1.29, 1.82) is 0 Å². The summed E-state index contributed by atoms with van der Waals surface area (Å²) >= 11 is 1.48. The monoisotopic (exact) mass is 386 g/mol. The zero-order valence-electron chi connectivity index (χ0n) is 15.8. The Morgan fingerprint density at radius 2 is 2.07 bits per heavy atom. The van der Waals surface area contributed by atoms with Crippen molar-refractivity contribution in [3.63, 3.8) is 0 Å². The van der Waals surface area contributed by atoms with Crippen LogP contribution in [-0.4, -0.2) is 27.8 Å². The van der Waals surface area contributed by atoms with Gasteiger partial charge in [-0.15, -0.1) is 11.3 Å². The Labute approximate surface area is 161 Å². The number of carbonyl (C=O) groups excluding carboxylic acids is 1. The van der Waals surface area contributed by atoms with Gasteiger partial charge in [-0.25, -0.2) is 9.67 Å². The van der Waals surface area contributed by atoms with Crippen LogP contribution in [0, 0.1) is 6.92 Å². The second kappa shape index (κ2) is 7.87. The Morgan fingerprint density at radius 1 is 1.33 bits per heavy atom. The molecule has 1 aromatic carbocycles. The van der Waals surface area contributed by atoms with Gasteiger partial charge in [-0.3, -0.25) is 9.59 Å². The lowest BCUT2D eigenvalue weighted by atomic mass is 10.2.